The average Bonchev–Trinajstić information content (AvgIpc) is 2.36. The number of aliphatic hydroxyl groups is 1. The Hall–Kier alpha value is -1.07. The predicted octanol–water partition coefficient (Wildman–Crippen LogP) is 2.97. The number of carbonyl (C=O) groups excluding carboxylic acids is 1. The molecule has 0 aliphatic heterocycles. The zero-order valence-corrected chi connectivity index (χ0v) is 12.9. The minimum atomic E-state index is -0.395. The number of rotatable bonds is 6. The second-order valence-electron chi connectivity index (χ2n) is 4.55. The van der Waals surface area contributed by atoms with Gasteiger partial charge in [0.25, 0.3) is 0 Å². The molecule has 4 nitrogen and oxygen atoms in total. The van der Waals surface area contributed by atoms with E-state index in [1.54, 1.807) is 6.92 Å². The number of urea groups is 1. The lowest BCUT2D eigenvalue weighted by Crippen LogP contribution is -2.38. The van der Waals surface area contributed by atoms with Crippen LogP contribution in [0.1, 0.15) is 38.3 Å². The minimum Gasteiger partial charge on any atom is -0.393 e. The molecule has 0 bridgehead atoms. The van der Waals surface area contributed by atoms with Crippen molar-refractivity contribution in [2.75, 3.05) is 6.54 Å². The lowest BCUT2D eigenvalue weighted by molar-refractivity contribution is 0.183. The molecule has 0 spiro atoms. The first kappa shape index (κ1) is 16.0. The summed E-state index contributed by atoms with van der Waals surface area (Å²) in [5.41, 5.74) is 1.08. The smallest absolute Gasteiger partial charge is 0.315 e. The molecule has 0 heterocycles. The van der Waals surface area contributed by atoms with Gasteiger partial charge >= 0.3 is 6.03 Å². The van der Waals surface area contributed by atoms with E-state index in [4.69, 9.17) is 5.11 Å². The number of amides is 2. The first-order valence-electron chi connectivity index (χ1n) is 6.50. The summed E-state index contributed by atoms with van der Waals surface area (Å²) in [4.78, 5) is 11.7. The van der Waals surface area contributed by atoms with E-state index in [1.807, 2.05) is 31.2 Å². The summed E-state index contributed by atoms with van der Waals surface area (Å²) in [5.74, 6) is 0. The van der Waals surface area contributed by atoms with E-state index in [0.717, 1.165) is 16.5 Å². The molecule has 5 heteroatoms. The van der Waals surface area contributed by atoms with Crippen LogP contribution in [0.25, 0.3) is 0 Å². The summed E-state index contributed by atoms with van der Waals surface area (Å²) in [6, 6.07) is 7.72. The van der Waals surface area contributed by atoms with Crippen LogP contribution in [0.15, 0.2) is 28.7 Å². The van der Waals surface area contributed by atoms with Gasteiger partial charge in [0, 0.05) is 11.0 Å². The molecule has 0 saturated heterocycles. The number of aliphatic hydroxyl groups excluding tert-OH is 1. The molecule has 106 valence electrons. The Morgan fingerprint density at radius 3 is 2.53 bits per heavy atom. The molecule has 19 heavy (non-hydrogen) atoms. The van der Waals surface area contributed by atoms with E-state index in [1.165, 1.54) is 0 Å². The topological polar surface area (TPSA) is 61.4 Å². The second-order valence-corrected chi connectivity index (χ2v) is 5.47. The number of hydrogen-bond acceptors (Lipinski definition) is 2. The zero-order chi connectivity index (χ0) is 14.3. The molecule has 2 atom stereocenters. The zero-order valence-electron chi connectivity index (χ0n) is 11.3. The Bertz CT molecular complexity index is 393. The van der Waals surface area contributed by atoms with E-state index in [2.05, 4.69) is 26.6 Å². The molecular weight excluding hydrogens is 308 g/mol. The van der Waals surface area contributed by atoms with Gasteiger partial charge in [0.15, 0.2) is 0 Å². The van der Waals surface area contributed by atoms with Crippen molar-refractivity contribution in [1.29, 1.82) is 0 Å². The molecule has 0 radical (unpaired) electrons. The number of halogens is 1. The van der Waals surface area contributed by atoms with Crippen molar-refractivity contribution < 1.29 is 9.90 Å². The van der Waals surface area contributed by atoms with Gasteiger partial charge in [-0.1, -0.05) is 35.0 Å². The third-order valence-electron chi connectivity index (χ3n) is 2.83. The van der Waals surface area contributed by atoms with Gasteiger partial charge in [-0.05, 0) is 37.5 Å². The van der Waals surface area contributed by atoms with Gasteiger partial charge < -0.3 is 15.7 Å². The maximum Gasteiger partial charge on any atom is 0.315 e. The summed E-state index contributed by atoms with van der Waals surface area (Å²) in [6.07, 6.45) is 0.988. The van der Waals surface area contributed by atoms with Crippen LogP contribution in [-0.2, 0) is 0 Å². The Labute approximate surface area is 122 Å². The normalized spacial score (nSPS) is 13.7. The van der Waals surface area contributed by atoms with Crippen molar-refractivity contribution in [3.8, 4) is 0 Å². The van der Waals surface area contributed by atoms with Gasteiger partial charge in [-0.3, -0.25) is 0 Å². The Balaban J connectivity index is 2.47. The van der Waals surface area contributed by atoms with Gasteiger partial charge in [0.2, 0.25) is 0 Å². The molecule has 0 aliphatic rings. The van der Waals surface area contributed by atoms with Crippen LogP contribution >= 0.6 is 15.9 Å². The average molecular weight is 329 g/mol. The van der Waals surface area contributed by atoms with Crippen LogP contribution in [0.4, 0.5) is 4.79 Å². The molecular formula is C14H21BrN2O2. The van der Waals surface area contributed by atoms with Gasteiger partial charge in [0.1, 0.15) is 0 Å². The third kappa shape index (κ3) is 6.07. The third-order valence-corrected chi connectivity index (χ3v) is 3.36. The molecule has 1 rings (SSSR count). The summed E-state index contributed by atoms with van der Waals surface area (Å²) in [5, 5.41) is 14.8. The molecule has 0 aromatic heterocycles. The Morgan fingerprint density at radius 1 is 1.37 bits per heavy atom. The maximum atomic E-state index is 11.7. The van der Waals surface area contributed by atoms with Crippen molar-refractivity contribution in [3.05, 3.63) is 34.3 Å². The second kappa shape index (κ2) is 8.17. The first-order valence-corrected chi connectivity index (χ1v) is 7.30. The van der Waals surface area contributed by atoms with Crippen LogP contribution in [0.3, 0.4) is 0 Å². The summed E-state index contributed by atoms with van der Waals surface area (Å²) >= 11 is 3.39. The van der Waals surface area contributed by atoms with Crippen LogP contribution < -0.4 is 10.6 Å². The molecule has 0 saturated carbocycles. The van der Waals surface area contributed by atoms with Crippen molar-refractivity contribution in [1.82, 2.24) is 10.6 Å². The molecule has 0 fully saturated rings. The van der Waals surface area contributed by atoms with Gasteiger partial charge in [-0.15, -0.1) is 0 Å². The Morgan fingerprint density at radius 2 is 2.00 bits per heavy atom. The van der Waals surface area contributed by atoms with E-state index in [-0.39, 0.29) is 12.1 Å². The van der Waals surface area contributed by atoms with Crippen molar-refractivity contribution in [2.24, 2.45) is 0 Å². The lowest BCUT2D eigenvalue weighted by atomic mass is 10.1. The number of benzene rings is 1. The van der Waals surface area contributed by atoms with Gasteiger partial charge in [-0.2, -0.15) is 0 Å². The van der Waals surface area contributed by atoms with E-state index in [0.29, 0.717) is 13.0 Å². The summed E-state index contributed by atoms with van der Waals surface area (Å²) in [7, 11) is 0. The molecule has 3 N–H and O–H groups in total. The van der Waals surface area contributed by atoms with Crippen LogP contribution in [0.5, 0.6) is 0 Å². The van der Waals surface area contributed by atoms with E-state index < -0.39 is 6.10 Å². The fourth-order valence-corrected chi connectivity index (χ4v) is 1.98. The fourth-order valence-electron chi connectivity index (χ4n) is 1.72. The standard InChI is InChI=1S/C14H21BrN2O2/c1-3-13(11-4-6-12(15)7-5-11)17-14(19)16-9-8-10(2)18/h4-7,10,13,18H,3,8-9H2,1-2H3,(H2,16,17,19). The minimum absolute atomic E-state index is 0.000324. The fraction of sp³-hybridized carbons (Fsp3) is 0.500. The van der Waals surface area contributed by atoms with Crippen molar-refractivity contribution in [2.45, 2.75) is 38.8 Å². The predicted molar refractivity (Wildman–Crippen MR) is 80.0 cm³/mol. The van der Waals surface area contributed by atoms with E-state index in [9.17, 15) is 4.79 Å². The quantitative estimate of drug-likeness (QED) is 0.751. The van der Waals surface area contributed by atoms with Crippen molar-refractivity contribution in [3.63, 3.8) is 0 Å². The van der Waals surface area contributed by atoms with Crippen LogP contribution in [0.2, 0.25) is 0 Å². The van der Waals surface area contributed by atoms with Gasteiger partial charge in [-0.25, -0.2) is 4.79 Å². The summed E-state index contributed by atoms with van der Waals surface area (Å²) in [6.45, 7) is 4.21. The van der Waals surface area contributed by atoms with Crippen molar-refractivity contribution >= 4 is 22.0 Å². The molecule has 2 amide bonds. The van der Waals surface area contributed by atoms with E-state index >= 15 is 0 Å². The highest BCUT2D eigenvalue weighted by atomic mass is 79.9. The van der Waals surface area contributed by atoms with Gasteiger partial charge in [0.05, 0.1) is 12.1 Å². The molecule has 1 aromatic rings. The highest BCUT2D eigenvalue weighted by Gasteiger charge is 2.12. The van der Waals surface area contributed by atoms with Crippen LogP contribution in [0, 0.1) is 0 Å². The number of hydrogen-bond donors (Lipinski definition) is 3. The van der Waals surface area contributed by atoms with Crippen LogP contribution in [-0.4, -0.2) is 23.8 Å². The molecule has 1 aromatic carbocycles. The first-order chi connectivity index (χ1) is 9.02. The summed E-state index contributed by atoms with van der Waals surface area (Å²) < 4.78 is 1.02. The SMILES string of the molecule is CCC(NC(=O)NCCC(C)O)c1ccc(Br)cc1. The lowest BCUT2D eigenvalue weighted by Gasteiger charge is -2.18. The largest absolute Gasteiger partial charge is 0.393 e. The Kier molecular flexibility index (Phi) is 6.87. The molecule has 0 aliphatic carbocycles. The maximum absolute atomic E-state index is 11.7. The molecule has 2 unspecified atom stereocenters. The number of nitrogens with one attached hydrogen (secondary N) is 2. The number of carbonyl (C=O) groups is 1. The highest BCUT2D eigenvalue weighted by molar-refractivity contribution is 9.10. The highest BCUT2D eigenvalue weighted by Crippen LogP contribution is 2.19. The monoisotopic (exact) mass is 328 g/mol.